The van der Waals surface area contributed by atoms with E-state index in [2.05, 4.69) is 20.8 Å². The van der Waals surface area contributed by atoms with Gasteiger partial charge in [0.2, 0.25) is 10.0 Å². The van der Waals surface area contributed by atoms with Gasteiger partial charge in [-0.05, 0) is 43.2 Å². The van der Waals surface area contributed by atoms with Crippen molar-refractivity contribution in [2.75, 3.05) is 20.1 Å². The van der Waals surface area contributed by atoms with E-state index >= 15 is 0 Å². The average Bonchev–Trinajstić information content (AvgIpc) is 3.27. The van der Waals surface area contributed by atoms with Gasteiger partial charge in [-0.15, -0.1) is 6.42 Å². The summed E-state index contributed by atoms with van der Waals surface area (Å²) in [5.74, 6) is 2.05. The number of hydrogen-bond donors (Lipinski definition) is 2. The molecule has 0 aliphatic heterocycles. The molecule has 0 unspecified atom stereocenters. The summed E-state index contributed by atoms with van der Waals surface area (Å²) in [7, 11) is -1.95. The molecule has 0 spiro atoms. The topological polar surface area (TPSA) is 95.2 Å². The number of benzene rings is 2. The highest BCUT2D eigenvalue weighted by molar-refractivity contribution is 7.89. The molecule has 31 heavy (non-hydrogen) atoms. The van der Waals surface area contributed by atoms with Gasteiger partial charge in [0.1, 0.15) is 0 Å². The Balaban J connectivity index is 1.53. The van der Waals surface area contributed by atoms with Gasteiger partial charge in [0.15, 0.2) is 0 Å². The van der Waals surface area contributed by atoms with Crippen LogP contribution in [0.15, 0.2) is 65.6 Å². The summed E-state index contributed by atoms with van der Waals surface area (Å²) in [5.41, 5.74) is 3.38. The summed E-state index contributed by atoms with van der Waals surface area (Å²) in [5, 5.41) is 7.39. The van der Waals surface area contributed by atoms with Crippen molar-refractivity contribution in [1.29, 1.82) is 0 Å². The molecule has 0 aliphatic rings. The maximum Gasteiger partial charge on any atom is 0.253 e. The van der Waals surface area contributed by atoms with E-state index in [1.165, 1.54) is 24.3 Å². The van der Waals surface area contributed by atoms with Crippen molar-refractivity contribution in [2.24, 2.45) is 0 Å². The molecule has 2 aromatic carbocycles. The van der Waals surface area contributed by atoms with Gasteiger partial charge in [-0.25, -0.2) is 8.42 Å². The molecule has 0 atom stereocenters. The van der Waals surface area contributed by atoms with Gasteiger partial charge < -0.3 is 4.90 Å². The van der Waals surface area contributed by atoms with Crippen LogP contribution < -0.4 is 4.72 Å². The minimum atomic E-state index is -3.67. The first-order valence-electron chi connectivity index (χ1n) is 9.79. The van der Waals surface area contributed by atoms with Gasteiger partial charge >= 0.3 is 0 Å². The molecule has 0 fully saturated rings. The summed E-state index contributed by atoms with van der Waals surface area (Å²) < 4.78 is 26.4. The van der Waals surface area contributed by atoms with E-state index < -0.39 is 10.0 Å². The Kier molecular flexibility index (Phi) is 7.23. The minimum absolute atomic E-state index is 0.0652. The van der Waals surface area contributed by atoms with Crippen LogP contribution in [0.2, 0.25) is 0 Å². The number of sulfonamides is 1. The molecule has 0 radical (unpaired) electrons. The molecular weight excluding hydrogens is 412 g/mol. The Bertz CT molecular complexity index is 1160. The maximum atomic E-state index is 12.6. The smallest absolute Gasteiger partial charge is 0.253 e. The molecule has 0 saturated carbocycles. The fourth-order valence-electron chi connectivity index (χ4n) is 3.07. The average molecular weight is 437 g/mol. The van der Waals surface area contributed by atoms with Crippen LogP contribution in [0.4, 0.5) is 0 Å². The second-order valence-electron chi connectivity index (χ2n) is 7.03. The molecule has 3 rings (SSSR count). The summed E-state index contributed by atoms with van der Waals surface area (Å²) >= 11 is 0. The van der Waals surface area contributed by atoms with Crippen molar-refractivity contribution < 1.29 is 13.2 Å². The van der Waals surface area contributed by atoms with Crippen molar-refractivity contribution in [3.63, 3.8) is 0 Å². The Labute approximate surface area is 182 Å². The zero-order valence-electron chi connectivity index (χ0n) is 17.2. The standard InChI is InChI=1S/C23H24N4O3S/c1-3-15-24-31(29,30)21-13-11-19(12-14-21)23(28)27(2)16-7-10-20-17-22(26-25-20)18-8-5-4-6-9-18/h1,4-6,8-9,11-14,17,24H,7,10,15-16H2,2H3,(H,25,26). The quantitative estimate of drug-likeness (QED) is 0.504. The van der Waals surface area contributed by atoms with Crippen LogP contribution in [0, 0.1) is 12.3 Å². The van der Waals surface area contributed by atoms with Gasteiger partial charge in [0, 0.05) is 30.4 Å². The number of nitrogens with one attached hydrogen (secondary N) is 2. The Morgan fingerprint density at radius 2 is 1.87 bits per heavy atom. The fourth-order valence-corrected chi connectivity index (χ4v) is 4.01. The predicted octanol–water partition coefficient (Wildman–Crippen LogP) is 2.69. The monoisotopic (exact) mass is 436 g/mol. The molecule has 0 saturated heterocycles. The lowest BCUT2D eigenvalue weighted by Crippen LogP contribution is -2.28. The van der Waals surface area contributed by atoms with Crippen LogP contribution >= 0.6 is 0 Å². The summed E-state index contributed by atoms with van der Waals surface area (Å²) in [6, 6.07) is 17.7. The van der Waals surface area contributed by atoms with Crippen molar-refractivity contribution in [2.45, 2.75) is 17.7 Å². The molecule has 0 aliphatic carbocycles. The van der Waals surface area contributed by atoms with Gasteiger partial charge in [-0.2, -0.15) is 9.82 Å². The largest absolute Gasteiger partial charge is 0.342 e. The highest BCUT2D eigenvalue weighted by Gasteiger charge is 2.16. The second-order valence-corrected chi connectivity index (χ2v) is 8.79. The molecule has 8 heteroatoms. The number of hydrogen-bond acceptors (Lipinski definition) is 4. The maximum absolute atomic E-state index is 12.6. The SMILES string of the molecule is C#CCNS(=O)(=O)c1ccc(C(=O)N(C)CCCc2cc(-c3ccccc3)n[nH]2)cc1. The van der Waals surface area contributed by atoms with Crippen LogP contribution in [0.5, 0.6) is 0 Å². The lowest BCUT2D eigenvalue weighted by atomic mass is 10.1. The third-order valence-electron chi connectivity index (χ3n) is 4.76. The summed E-state index contributed by atoms with van der Waals surface area (Å²) in [6.07, 6.45) is 6.61. The number of aromatic amines is 1. The third-order valence-corrected chi connectivity index (χ3v) is 6.18. The van der Waals surface area contributed by atoms with Crippen molar-refractivity contribution >= 4 is 15.9 Å². The van der Waals surface area contributed by atoms with E-state index in [9.17, 15) is 13.2 Å². The number of terminal acetylenes is 1. The number of H-pyrrole nitrogens is 1. The van der Waals surface area contributed by atoms with Crippen LogP contribution in [0.3, 0.4) is 0 Å². The number of aromatic nitrogens is 2. The van der Waals surface area contributed by atoms with E-state index in [1.54, 1.807) is 11.9 Å². The molecular formula is C23H24N4O3S. The molecule has 2 N–H and O–H groups in total. The first kappa shape index (κ1) is 22.3. The number of rotatable bonds is 9. The molecule has 160 valence electrons. The van der Waals surface area contributed by atoms with E-state index in [1.807, 2.05) is 36.4 Å². The first-order valence-corrected chi connectivity index (χ1v) is 11.3. The van der Waals surface area contributed by atoms with E-state index in [0.29, 0.717) is 12.1 Å². The first-order chi connectivity index (χ1) is 14.9. The number of amides is 1. The normalized spacial score (nSPS) is 11.1. The zero-order chi connectivity index (χ0) is 22.3. The van der Waals surface area contributed by atoms with Gasteiger partial charge in [0.05, 0.1) is 17.1 Å². The van der Waals surface area contributed by atoms with E-state index in [4.69, 9.17) is 6.42 Å². The fraction of sp³-hybridized carbons (Fsp3) is 0.217. The molecule has 0 bridgehead atoms. The lowest BCUT2D eigenvalue weighted by molar-refractivity contribution is 0.0793. The molecule has 1 amide bonds. The number of carbonyl (C=O) groups excluding carboxylic acids is 1. The Hall–Kier alpha value is -3.41. The number of aryl methyl sites for hydroxylation is 1. The van der Waals surface area contributed by atoms with Crippen LogP contribution in [-0.4, -0.2) is 49.6 Å². The lowest BCUT2D eigenvalue weighted by Gasteiger charge is -2.17. The van der Waals surface area contributed by atoms with Gasteiger partial charge in [-0.1, -0.05) is 36.3 Å². The second kappa shape index (κ2) is 10.1. The number of nitrogens with zero attached hydrogens (tertiary/aromatic N) is 2. The van der Waals surface area contributed by atoms with Crippen LogP contribution in [-0.2, 0) is 16.4 Å². The highest BCUT2D eigenvalue weighted by atomic mass is 32.2. The number of carbonyl (C=O) groups is 1. The minimum Gasteiger partial charge on any atom is -0.342 e. The van der Waals surface area contributed by atoms with E-state index in [-0.39, 0.29) is 17.3 Å². The van der Waals surface area contributed by atoms with Crippen LogP contribution in [0.25, 0.3) is 11.3 Å². The van der Waals surface area contributed by atoms with Crippen molar-refractivity contribution in [3.8, 4) is 23.6 Å². The molecule has 7 nitrogen and oxygen atoms in total. The highest BCUT2D eigenvalue weighted by Crippen LogP contribution is 2.18. The Morgan fingerprint density at radius 3 is 2.55 bits per heavy atom. The molecule has 1 heterocycles. The Morgan fingerprint density at radius 1 is 1.16 bits per heavy atom. The molecule has 1 aromatic heterocycles. The van der Waals surface area contributed by atoms with Crippen molar-refractivity contribution in [1.82, 2.24) is 19.8 Å². The summed E-state index contributed by atoms with van der Waals surface area (Å²) in [6.45, 7) is 0.469. The predicted molar refractivity (Wildman–Crippen MR) is 120 cm³/mol. The van der Waals surface area contributed by atoms with Crippen LogP contribution in [0.1, 0.15) is 22.5 Å². The van der Waals surface area contributed by atoms with Gasteiger partial charge in [-0.3, -0.25) is 9.89 Å². The summed E-state index contributed by atoms with van der Waals surface area (Å²) in [4.78, 5) is 14.3. The zero-order valence-corrected chi connectivity index (χ0v) is 18.0. The third kappa shape index (κ3) is 5.81. The van der Waals surface area contributed by atoms with E-state index in [0.717, 1.165) is 29.8 Å². The molecule has 3 aromatic rings. The van der Waals surface area contributed by atoms with Crippen molar-refractivity contribution in [3.05, 3.63) is 71.9 Å². The van der Waals surface area contributed by atoms with Gasteiger partial charge in [0.25, 0.3) is 5.91 Å².